The van der Waals surface area contributed by atoms with E-state index in [-0.39, 0.29) is 17.6 Å². The van der Waals surface area contributed by atoms with Crippen LogP contribution in [-0.4, -0.2) is 23.8 Å². The van der Waals surface area contributed by atoms with Gasteiger partial charge in [0, 0.05) is 16.9 Å². The van der Waals surface area contributed by atoms with Crippen LogP contribution < -0.4 is 16.0 Å². The summed E-state index contributed by atoms with van der Waals surface area (Å²) in [5.74, 6) is -0.912. The molecule has 0 saturated heterocycles. The summed E-state index contributed by atoms with van der Waals surface area (Å²) in [6.45, 7) is 1.60. The number of carbonyl (C=O) groups is 3. The minimum atomic E-state index is -0.742. The average Bonchev–Trinajstić information content (AvgIpc) is 3.24. The molecular weight excluding hydrogens is 358 g/mol. The molecule has 0 fully saturated rings. The van der Waals surface area contributed by atoms with E-state index in [1.54, 1.807) is 67.6 Å². The third-order valence-electron chi connectivity index (χ3n) is 3.91. The first-order chi connectivity index (χ1) is 13.5. The van der Waals surface area contributed by atoms with Gasteiger partial charge in [-0.3, -0.25) is 14.4 Å². The van der Waals surface area contributed by atoms with E-state index in [4.69, 9.17) is 4.42 Å². The molecule has 0 bridgehead atoms. The van der Waals surface area contributed by atoms with Crippen LogP contribution in [0.25, 0.3) is 0 Å². The van der Waals surface area contributed by atoms with Crippen LogP contribution in [0.3, 0.4) is 0 Å². The first kappa shape index (κ1) is 18.9. The van der Waals surface area contributed by atoms with Gasteiger partial charge in [0.1, 0.15) is 6.04 Å². The molecule has 3 aromatic rings. The zero-order valence-corrected chi connectivity index (χ0v) is 15.1. The Labute approximate surface area is 161 Å². The summed E-state index contributed by atoms with van der Waals surface area (Å²) >= 11 is 0. The smallest absolute Gasteiger partial charge is 0.291 e. The quantitative estimate of drug-likeness (QED) is 0.614. The van der Waals surface area contributed by atoms with Gasteiger partial charge in [0.15, 0.2) is 5.76 Å². The maximum atomic E-state index is 12.4. The number of hydrogen-bond donors (Lipinski definition) is 3. The van der Waals surface area contributed by atoms with Crippen molar-refractivity contribution >= 4 is 29.1 Å². The van der Waals surface area contributed by atoms with E-state index in [1.165, 1.54) is 6.26 Å². The van der Waals surface area contributed by atoms with Crippen molar-refractivity contribution in [2.45, 2.75) is 13.0 Å². The molecule has 0 unspecified atom stereocenters. The van der Waals surface area contributed by atoms with Crippen LogP contribution in [0.4, 0.5) is 11.4 Å². The lowest BCUT2D eigenvalue weighted by atomic mass is 10.2. The molecule has 1 heterocycles. The summed E-state index contributed by atoms with van der Waals surface area (Å²) in [4.78, 5) is 36.6. The molecule has 0 radical (unpaired) electrons. The molecule has 0 saturated carbocycles. The van der Waals surface area contributed by atoms with Crippen LogP contribution in [0, 0.1) is 0 Å². The van der Waals surface area contributed by atoms with Crippen LogP contribution >= 0.6 is 0 Å². The van der Waals surface area contributed by atoms with Gasteiger partial charge in [-0.25, -0.2) is 0 Å². The van der Waals surface area contributed by atoms with Crippen LogP contribution in [0.1, 0.15) is 27.8 Å². The minimum Gasteiger partial charge on any atom is -0.459 e. The molecule has 7 nitrogen and oxygen atoms in total. The van der Waals surface area contributed by atoms with Gasteiger partial charge in [0.2, 0.25) is 5.91 Å². The fraction of sp³-hybridized carbons (Fsp3) is 0.0952. The lowest BCUT2D eigenvalue weighted by Gasteiger charge is -2.15. The van der Waals surface area contributed by atoms with E-state index < -0.39 is 11.9 Å². The molecule has 1 aromatic heterocycles. The second-order valence-corrected chi connectivity index (χ2v) is 6.06. The number of carbonyl (C=O) groups excluding carboxylic acids is 3. The van der Waals surface area contributed by atoms with Gasteiger partial charge >= 0.3 is 0 Å². The van der Waals surface area contributed by atoms with Crippen molar-refractivity contribution in [2.75, 3.05) is 10.6 Å². The topological polar surface area (TPSA) is 100 Å². The zero-order valence-electron chi connectivity index (χ0n) is 15.1. The Balaban J connectivity index is 1.59. The zero-order chi connectivity index (χ0) is 19.9. The Morgan fingerprint density at radius 2 is 1.54 bits per heavy atom. The lowest BCUT2D eigenvalue weighted by molar-refractivity contribution is -0.117. The van der Waals surface area contributed by atoms with Gasteiger partial charge in [0.25, 0.3) is 11.8 Å². The predicted molar refractivity (Wildman–Crippen MR) is 105 cm³/mol. The number of hydrogen-bond acceptors (Lipinski definition) is 4. The summed E-state index contributed by atoms with van der Waals surface area (Å²) in [6.07, 6.45) is 1.41. The van der Waals surface area contributed by atoms with Gasteiger partial charge in [-0.2, -0.15) is 0 Å². The van der Waals surface area contributed by atoms with Crippen LogP contribution in [0.5, 0.6) is 0 Å². The molecule has 7 heteroatoms. The molecule has 2 aromatic carbocycles. The molecule has 3 rings (SSSR count). The maximum absolute atomic E-state index is 12.4. The number of benzene rings is 2. The summed E-state index contributed by atoms with van der Waals surface area (Å²) in [5, 5.41) is 8.05. The third kappa shape index (κ3) is 4.85. The highest BCUT2D eigenvalue weighted by Crippen LogP contribution is 2.16. The van der Waals surface area contributed by atoms with E-state index in [2.05, 4.69) is 16.0 Å². The van der Waals surface area contributed by atoms with Gasteiger partial charge < -0.3 is 20.4 Å². The monoisotopic (exact) mass is 377 g/mol. The molecule has 3 amide bonds. The molecule has 0 aliphatic heterocycles. The van der Waals surface area contributed by atoms with Gasteiger partial charge in [-0.1, -0.05) is 24.3 Å². The molecule has 0 aliphatic carbocycles. The second-order valence-electron chi connectivity index (χ2n) is 6.06. The molecular formula is C21H19N3O4. The predicted octanol–water partition coefficient (Wildman–Crippen LogP) is 3.29. The number of amides is 3. The van der Waals surface area contributed by atoms with Crippen molar-refractivity contribution in [3.05, 3.63) is 84.3 Å². The summed E-state index contributed by atoms with van der Waals surface area (Å²) in [5.41, 5.74) is 1.47. The third-order valence-corrected chi connectivity index (χ3v) is 3.91. The summed E-state index contributed by atoms with van der Waals surface area (Å²) in [7, 11) is 0. The largest absolute Gasteiger partial charge is 0.459 e. The normalized spacial score (nSPS) is 11.3. The number of anilines is 2. The van der Waals surface area contributed by atoms with Crippen molar-refractivity contribution in [3.8, 4) is 0 Å². The standard InChI is InChI=1S/C21H19N3O4/c1-14(22-20(26)15-7-3-2-4-8-15)19(25)23-16-9-5-10-17(13-16)24-21(27)18-11-6-12-28-18/h2-14H,1H3,(H,22,26)(H,23,25)(H,24,27)/t14-/m1/s1. The fourth-order valence-electron chi connectivity index (χ4n) is 2.46. The molecule has 1 atom stereocenters. The second kappa shape index (κ2) is 8.68. The van der Waals surface area contributed by atoms with Crippen LogP contribution in [0.15, 0.2) is 77.4 Å². The van der Waals surface area contributed by atoms with E-state index >= 15 is 0 Å². The van der Waals surface area contributed by atoms with Crippen molar-refractivity contribution in [3.63, 3.8) is 0 Å². The minimum absolute atomic E-state index is 0.187. The van der Waals surface area contributed by atoms with Gasteiger partial charge in [0.05, 0.1) is 6.26 Å². The molecule has 0 spiro atoms. The first-order valence-electron chi connectivity index (χ1n) is 8.64. The highest BCUT2D eigenvalue weighted by Gasteiger charge is 2.17. The summed E-state index contributed by atoms with van der Waals surface area (Å²) in [6, 6.07) is 17.8. The highest BCUT2D eigenvalue weighted by molar-refractivity contribution is 6.03. The first-order valence-corrected chi connectivity index (χ1v) is 8.64. The Bertz CT molecular complexity index is 968. The SMILES string of the molecule is C[C@@H](NC(=O)c1ccccc1)C(=O)Nc1cccc(NC(=O)c2ccco2)c1. The molecule has 0 aliphatic rings. The number of rotatable bonds is 6. The maximum Gasteiger partial charge on any atom is 0.291 e. The molecule has 142 valence electrons. The number of nitrogens with one attached hydrogen (secondary N) is 3. The average molecular weight is 377 g/mol. The number of furan rings is 1. The van der Waals surface area contributed by atoms with Crippen molar-refractivity contribution in [2.24, 2.45) is 0 Å². The highest BCUT2D eigenvalue weighted by atomic mass is 16.3. The Kier molecular flexibility index (Phi) is 5.86. The van der Waals surface area contributed by atoms with Crippen LogP contribution in [0.2, 0.25) is 0 Å². The van der Waals surface area contributed by atoms with E-state index in [9.17, 15) is 14.4 Å². The van der Waals surface area contributed by atoms with Gasteiger partial charge in [-0.05, 0) is 49.4 Å². The lowest BCUT2D eigenvalue weighted by Crippen LogP contribution is -2.41. The molecule has 3 N–H and O–H groups in total. The van der Waals surface area contributed by atoms with Crippen LogP contribution in [-0.2, 0) is 4.79 Å². The van der Waals surface area contributed by atoms with Gasteiger partial charge in [-0.15, -0.1) is 0 Å². The van der Waals surface area contributed by atoms with E-state index in [0.29, 0.717) is 16.9 Å². The van der Waals surface area contributed by atoms with Crippen molar-refractivity contribution in [1.82, 2.24) is 5.32 Å². The Morgan fingerprint density at radius 3 is 2.21 bits per heavy atom. The van der Waals surface area contributed by atoms with Crippen molar-refractivity contribution < 1.29 is 18.8 Å². The fourth-order valence-corrected chi connectivity index (χ4v) is 2.46. The van der Waals surface area contributed by atoms with Crippen molar-refractivity contribution in [1.29, 1.82) is 0 Å². The molecule has 28 heavy (non-hydrogen) atoms. The Morgan fingerprint density at radius 1 is 0.821 bits per heavy atom. The summed E-state index contributed by atoms with van der Waals surface area (Å²) < 4.78 is 5.05. The van der Waals surface area contributed by atoms with E-state index in [0.717, 1.165) is 0 Å². The Hall–Kier alpha value is -3.87. The van der Waals surface area contributed by atoms with E-state index in [1.807, 2.05) is 6.07 Å².